The first-order chi connectivity index (χ1) is 10.9. The molecule has 2 heterocycles. The number of thioether (sulfide) groups is 1. The Labute approximate surface area is 139 Å². The molecule has 2 nitrogen and oxygen atoms in total. The number of halogens is 3. The summed E-state index contributed by atoms with van der Waals surface area (Å²) in [6.45, 7) is 0.497. The highest BCUT2D eigenvalue weighted by atomic mass is 32.2. The Hall–Kier alpha value is -1.73. The lowest BCUT2D eigenvalue weighted by atomic mass is 10.1. The van der Waals surface area contributed by atoms with E-state index in [2.05, 4.69) is 0 Å². The summed E-state index contributed by atoms with van der Waals surface area (Å²) in [5.74, 6) is 0.339. The van der Waals surface area contributed by atoms with Crippen molar-refractivity contribution < 1.29 is 18.0 Å². The van der Waals surface area contributed by atoms with E-state index < -0.39 is 17.6 Å². The fourth-order valence-corrected chi connectivity index (χ4v) is 3.98. The van der Waals surface area contributed by atoms with Gasteiger partial charge in [-0.05, 0) is 35.7 Å². The Bertz CT molecular complexity index is 738. The van der Waals surface area contributed by atoms with Crippen LogP contribution in [0.15, 0.2) is 46.8 Å². The summed E-state index contributed by atoms with van der Waals surface area (Å²) in [4.78, 5) is 15.1. The van der Waals surface area contributed by atoms with Gasteiger partial charge in [-0.2, -0.15) is 13.2 Å². The van der Waals surface area contributed by atoms with Crippen molar-refractivity contribution in [3.05, 3.63) is 62.8 Å². The van der Waals surface area contributed by atoms with Crippen LogP contribution in [-0.2, 0) is 6.18 Å². The van der Waals surface area contributed by atoms with E-state index in [0.717, 1.165) is 27.8 Å². The Kier molecular flexibility index (Phi) is 4.50. The molecule has 1 aliphatic heterocycles. The monoisotopic (exact) mass is 355 g/mol. The fourth-order valence-electron chi connectivity index (χ4n) is 2.23. The first kappa shape index (κ1) is 16.1. The molecule has 1 aromatic heterocycles. The van der Waals surface area contributed by atoms with Crippen LogP contribution in [0.3, 0.4) is 0 Å². The zero-order valence-electron chi connectivity index (χ0n) is 11.8. The number of hydrogen-bond donors (Lipinski definition) is 0. The van der Waals surface area contributed by atoms with Crippen molar-refractivity contribution in [1.82, 2.24) is 4.90 Å². The van der Waals surface area contributed by atoms with Gasteiger partial charge in [-0.15, -0.1) is 23.1 Å². The Morgan fingerprint density at radius 2 is 2.04 bits per heavy atom. The number of carbonyl (C=O) groups excluding carboxylic acids is 1. The second-order valence-corrected chi connectivity index (χ2v) is 6.98. The Morgan fingerprint density at radius 3 is 2.74 bits per heavy atom. The van der Waals surface area contributed by atoms with E-state index in [1.165, 1.54) is 23.9 Å². The van der Waals surface area contributed by atoms with Gasteiger partial charge in [0.25, 0.3) is 5.91 Å². The molecule has 0 radical (unpaired) electrons. The molecule has 120 valence electrons. The zero-order valence-corrected chi connectivity index (χ0v) is 13.5. The third-order valence-electron chi connectivity index (χ3n) is 3.32. The molecular formula is C16H12F3NOS2. The van der Waals surface area contributed by atoms with E-state index >= 15 is 0 Å². The van der Waals surface area contributed by atoms with Crippen LogP contribution in [0.5, 0.6) is 0 Å². The first-order valence-electron chi connectivity index (χ1n) is 6.82. The smallest absolute Gasteiger partial charge is 0.302 e. The molecule has 0 spiro atoms. The number of carbonyl (C=O) groups is 1. The van der Waals surface area contributed by atoms with Crippen molar-refractivity contribution >= 4 is 35.1 Å². The number of amides is 1. The molecule has 1 amide bonds. The van der Waals surface area contributed by atoms with Crippen molar-refractivity contribution in [2.75, 3.05) is 12.3 Å². The van der Waals surface area contributed by atoms with E-state index in [-0.39, 0.29) is 5.56 Å². The van der Waals surface area contributed by atoms with Gasteiger partial charge in [0, 0.05) is 22.7 Å². The summed E-state index contributed by atoms with van der Waals surface area (Å²) in [6.07, 6.45) is -2.56. The minimum Gasteiger partial charge on any atom is -0.302 e. The van der Waals surface area contributed by atoms with E-state index in [1.807, 2.05) is 23.6 Å². The summed E-state index contributed by atoms with van der Waals surface area (Å²) >= 11 is 3.08. The third kappa shape index (κ3) is 3.61. The normalized spacial score (nSPS) is 17.0. The Balaban J connectivity index is 1.88. The predicted molar refractivity (Wildman–Crippen MR) is 87.2 cm³/mol. The van der Waals surface area contributed by atoms with Crippen LogP contribution in [0.4, 0.5) is 13.2 Å². The molecule has 0 unspecified atom stereocenters. The molecule has 7 heteroatoms. The van der Waals surface area contributed by atoms with E-state index in [4.69, 9.17) is 0 Å². The molecule has 1 aromatic carbocycles. The number of nitrogens with zero attached hydrogens (tertiary/aromatic N) is 1. The molecule has 0 atom stereocenters. The summed E-state index contributed by atoms with van der Waals surface area (Å²) in [7, 11) is 0. The maximum Gasteiger partial charge on any atom is 0.416 e. The van der Waals surface area contributed by atoms with Gasteiger partial charge in [-0.1, -0.05) is 12.1 Å². The largest absolute Gasteiger partial charge is 0.416 e. The molecular weight excluding hydrogens is 343 g/mol. The van der Waals surface area contributed by atoms with E-state index in [0.29, 0.717) is 6.54 Å². The first-order valence-corrected chi connectivity index (χ1v) is 8.69. The van der Waals surface area contributed by atoms with Gasteiger partial charge in [0.05, 0.1) is 10.6 Å². The van der Waals surface area contributed by atoms with Crippen LogP contribution >= 0.6 is 23.1 Å². The SMILES string of the molecule is O=C(c1cccc(C(F)(F)F)c1)N1CCS/C1=C/c1cccs1. The van der Waals surface area contributed by atoms with Crippen LogP contribution in [0.2, 0.25) is 0 Å². The highest BCUT2D eigenvalue weighted by Gasteiger charge is 2.32. The van der Waals surface area contributed by atoms with Gasteiger partial charge in [-0.25, -0.2) is 0 Å². The molecule has 1 aliphatic rings. The predicted octanol–water partition coefficient (Wildman–Crippen LogP) is 4.95. The van der Waals surface area contributed by atoms with E-state index in [1.54, 1.807) is 16.2 Å². The van der Waals surface area contributed by atoms with Crippen molar-refractivity contribution in [3.8, 4) is 0 Å². The van der Waals surface area contributed by atoms with Crippen LogP contribution < -0.4 is 0 Å². The maximum atomic E-state index is 12.8. The van der Waals surface area contributed by atoms with Gasteiger partial charge in [0.1, 0.15) is 0 Å². The molecule has 1 saturated heterocycles. The molecule has 0 N–H and O–H groups in total. The molecule has 0 bridgehead atoms. The minimum atomic E-state index is -4.45. The van der Waals surface area contributed by atoms with Crippen LogP contribution in [-0.4, -0.2) is 23.1 Å². The fraction of sp³-hybridized carbons (Fsp3) is 0.188. The molecule has 3 rings (SSSR count). The second kappa shape index (κ2) is 6.41. The third-order valence-corrected chi connectivity index (χ3v) is 5.16. The van der Waals surface area contributed by atoms with Crippen LogP contribution in [0.1, 0.15) is 20.8 Å². The quantitative estimate of drug-likeness (QED) is 0.759. The van der Waals surface area contributed by atoms with E-state index in [9.17, 15) is 18.0 Å². The zero-order chi connectivity index (χ0) is 16.4. The lowest BCUT2D eigenvalue weighted by Crippen LogP contribution is -2.27. The van der Waals surface area contributed by atoms with Crippen LogP contribution in [0, 0.1) is 0 Å². The molecule has 0 saturated carbocycles. The number of alkyl halides is 3. The minimum absolute atomic E-state index is 0.0550. The lowest BCUT2D eigenvalue weighted by molar-refractivity contribution is -0.137. The second-order valence-electron chi connectivity index (χ2n) is 4.88. The summed E-state index contributed by atoms with van der Waals surface area (Å²) in [6, 6.07) is 8.41. The van der Waals surface area contributed by atoms with Crippen molar-refractivity contribution in [2.24, 2.45) is 0 Å². The topological polar surface area (TPSA) is 20.3 Å². The maximum absolute atomic E-state index is 12.8. The van der Waals surface area contributed by atoms with Gasteiger partial charge in [0.15, 0.2) is 0 Å². The number of thiophene rings is 1. The summed E-state index contributed by atoms with van der Waals surface area (Å²) in [5.41, 5.74) is -0.751. The van der Waals surface area contributed by atoms with Crippen molar-refractivity contribution in [2.45, 2.75) is 6.18 Å². The average molecular weight is 355 g/mol. The van der Waals surface area contributed by atoms with Gasteiger partial charge < -0.3 is 4.90 Å². The number of benzene rings is 1. The van der Waals surface area contributed by atoms with Gasteiger partial charge in [0.2, 0.25) is 0 Å². The molecule has 0 aliphatic carbocycles. The molecule has 23 heavy (non-hydrogen) atoms. The van der Waals surface area contributed by atoms with Crippen molar-refractivity contribution in [1.29, 1.82) is 0 Å². The highest BCUT2D eigenvalue weighted by molar-refractivity contribution is 8.03. The molecule has 2 aromatic rings. The van der Waals surface area contributed by atoms with Crippen molar-refractivity contribution in [3.63, 3.8) is 0 Å². The molecule has 1 fully saturated rings. The average Bonchev–Trinajstić information content (AvgIpc) is 3.18. The van der Waals surface area contributed by atoms with Gasteiger partial charge >= 0.3 is 6.18 Å². The van der Waals surface area contributed by atoms with Gasteiger partial charge in [-0.3, -0.25) is 4.79 Å². The summed E-state index contributed by atoms with van der Waals surface area (Å²) < 4.78 is 38.4. The highest BCUT2D eigenvalue weighted by Crippen LogP contribution is 2.33. The number of rotatable bonds is 2. The number of hydrogen-bond acceptors (Lipinski definition) is 3. The standard InChI is InChI=1S/C16H12F3NOS2/c17-16(18,19)12-4-1-3-11(9-12)15(21)20-6-8-23-14(20)10-13-5-2-7-22-13/h1-5,7,9-10H,6,8H2/b14-10+. The lowest BCUT2D eigenvalue weighted by Gasteiger charge is -2.17. The summed E-state index contributed by atoms with van der Waals surface area (Å²) in [5, 5.41) is 2.71. The Morgan fingerprint density at radius 1 is 1.22 bits per heavy atom. The van der Waals surface area contributed by atoms with Crippen LogP contribution in [0.25, 0.3) is 6.08 Å².